The summed E-state index contributed by atoms with van der Waals surface area (Å²) < 4.78 is 5.31. The lowest BCUT2D eigenvalue weighted by Crippen LogP contribution is -2.48. The first kappa shape index (κ1) is 21.9. The number of anilines is 2. The molecule has 1 aromatic heterocycles. The summed E-state index contributed by atoms with van der Waals surface area (Å²) in [4.78, 5) is 21.5. The maximum atomic E-state index is 12.5. The van der Waals surface area contributed by atoms with Crippen LogP contribution in [0.4, 0.5) is 10.8 Å². The molecule has 1 amide bonds. The van der Waals surface area contributed by atoms with Crippen molar-refractivity contribution in [3.8, 4) is 17.0 Å². The molecule has 1 saturated heterocycles. The van der Waals surface area contributed by atoms with Gasteiger partial charge in [0.25, 0.3) is 0 Å². The number of nitrogens with zero attached hydrogens (tertiary/aromatic N) is 3. The number of hydrogen-bond donors (Lipinski definition) is 1. The minimum Gasteiger partial charge on any atom is -0.497 e. The zero-order valence-corrected chi connectivity index (χ0v) is 19.3. The third-order valence-corrected chi connectivity index (χ3v) is 6.42. The predicted molar refractivity (Wildman–Crippen MR) is 128 cm³/mol. The number of hydrogen-bond acceptors (Lipinski definition) is 6. The fraction of sp³-hybridized carbons (Fsp3) is 0.273. The number of aromatic nitrogens is 1. The Hall–Kier alpha value is -2.32. The molecule has 3 aromatic rings. The zero-order chi connectivity index (χ0) is 21.8. The van der Waals surface area contributed by atoms with Gasteiger partial charge in [-0.1, -0.05) is 29.3 Å². The van der Waals surface area contributed by atoms with Crippen molar-refractivity contribution in [1.82, 2.24) is 9.88 Å². The Morgan fingerprint density at radius 1 is 1.16 bits per heavy atom. The number of carbonyl (C=O) groups excluding carboxylic acids is 1. The van der Waals surface area contributed by atoms with Gasteiger partial charge < -0.3 is 15.0 Å². The molecule has 0 saturated carbocycles. The van der Waals surface area contributed by atoms with Crippen LogP contribution < -0.4 is 15.0 Å². The van der Waals surface area contributed by atoms with Gasteiger partial charge in [0.05, 0.1) is 24.4 Å². The van der Waals surface area contributed by atoms with Gasteiger partial charge >= 0.3 is 0 Å². The van der Waals surface area contributed by atoms with Gasteiger partial charge in [-0.05, 0) is 30.3 Å². The lowest BCUT2D eigenvalue weighted by atomic mass is 10.2. The maximum Gasteiger partial charge on any atom is 0.240 e. The molecule has 1 N–H and O–H groups in total. The monoisotopic (exact) mass is 476 g/mol. The number of halogens is 2. The Labute approximate surface area is 195 Å². The third-order valence-electron chi connectivity index (χ3n) is 5.12. The predicted octanol–water partition coefficient (Wildman–Crippen LogP) is 4.89. The second-order valence-electron chi connectivity index (χ2n) is 7.17. The van der Waals surface area contributed by atoms with Crippen molar-refractivity contribution >= 4 is 51.3 Å². The minimum absolute atomic E-state index is 0.0714. The van der Waals surface area contributed by atoms with Gasteiger partial charge in [0.2, 0.25) is 5.91 Å². The van der Waals surface area contributed by atoms with Crippen LogP contribution in [0.25, 0.3) is 11.3 Å². The van der Waals surface area contributed by atoms with E-state index in [1.807, 2.05) is 29.6 Å². The smallest absolute Gasteiger partial charge is 0.240 e. The van der Waals surface area contributed by atoms with Gasteiger partial charge in [-0.15, -0.1) is 11.3 Å². The molecule has 1 fully saturated rings. The molecule has 31 heavy (non-hydrogen) atoms. The number of carbonyl (C=O) groups is 1. The molecule has 4 rings (SSSR count). The van der Waals surface area contributed by atoms with Crippen LogP contribution in [0.1, 0.15) is 0 Å². The molecule has 0 spiro atoms. The van der Waals surface area contributed by atoms with Crippen molar-refractivity contribution in [3.05, 3.63) is 57.9 Å². The molecule has 0 bridgehead atoms. The fourth-order valence-electron chi connectivity index (χ4n) is 3.49. The summed E-state index contributed by atoms with van der Waals surface area (Å²) >= 11 is 13.6. The number of thiazole rings is 1. The topological polar surface area (TPSA) is 57.7 Å². The lowest BCUT2D eigenvalue weighted by molar-refractivity contribution is -0.117. The molecule has 1 aliphatic rings. The normalized spacial score (nSPS) is 14.5. The molecular formula is C22H22Cl2N4O2S. The SMILES string of the molecule is COc1cccc(N2CCN(CC(=O)Nc3nc(-c4ccc(Cl)cc4Cl)cs3)CC2)c1. The highest BCUT2D eigenvalue weighted by Gasteiger charge is 2.20. The van der Waals surface area contributed by atoms with Crippen LogP contribution in [0.5, 0.6) is 5.75 Å². The summed E-state index contributed by atoms with van der Waals surface area (Å²) in [5, 5.41) is 6.43. The van der Waals surface area contributed by atoms with Gasteiger partial charge in [0, 0.05) is 53.9 Å². The van der Waals surface area contributed by atoms with Gasteiger partial charge in [-0.2, -0.15) is 0 Å². The fourth-order valence-corrected chi connectivity index (χ4v) is 4.72. The van der Waals surface area contributed by atoms with Crippen LogP contribution in [0.15, 0.2) is 47.8 Å². The van der Waals surface area contributed by atoms with Gasteiger partial charge in [-0.25, -0.2) is 4.98 Å². The summed E-state index contributed by atoms with van der Waals surface area (Å²) in [7, 11) is 1.67. The van der Waals surface area contributed by atoms with Crippen LogP contribution in [-0.2, 0) is 4.79 Å². The van der Waals surface area contributed by atoms with E-state index >= 15 is 0 Å². The molecule has 6 nitrogen and oxygen atoms in total. The van der Waals surface area contributed by atoms with E-state index < -0.39 is 0 Å². The average Bonchev–Trinajstić information content (AvgIpc) is 3.22. The Bertz CT molecular complexity index is 1070. The highest BCUT2D eigenvalue weighted by molar-refractivity contribution is 7.14. The van der Waals surface area contributed by atoms with Crippen LogP contribution >= 0.6 is 34.5 Å². The largest absolute Gasteiger partial charge is 0.497 e. The molecule has 0 aliphatic carbocycles. The Morgan fingerprint density at radius 3 is 2.71 bits per heavy atom. The quantitative estimate of drug-likeness (QED) is 0.548. The summed E-state index contributed by atoms with van der Waals surface area (Å²) in [6.45, 7) is 3.68. The molecule has 1 aliphatic heterocycles. The maximum absolute atomic E-state index is 12.5. The van der Waals surface area contributed by atoms with E-state index in [-0.39, 0.29) is 5.91 Å². The van der Waals surface area contributed by atoms with Crippen LogP contribution in [0, 0.1) is 0 Å². The zero-order valence-electron chi connectivity index (χ0n) is 17.0. The van der Waals surface area contributed by atoms with Crippen LogP contribution in [-0.4, -0.2) is 55.6 Å². The van der Waals surface area contributed by atoms with Crippen LogP contribution in [0.2, 0.25) is 10.0 Å². The average molecular weight is 477 g/mol. The third kappa shape index (κ3) is 5.49. The van der Waals surface area contributed by atoms with Crippen molar-refractivity contribution in [2.45, 2.75) is 0 Å². The number of benzene rings is 2. The number of amides is 1. The molecule has 0 radical (unpaired) electrons. The molecular weight excluding hydrogens is 455 g/mol. The molecule has 2 heterocycles. The van der Waals surface area contributed by atoms with Gasteiger partial charge in [0.15, 0.2) is 5.13 Å². The molecule has 2 aromatic carbocycles. The highest BCUT2D eigenvalue weighted by Crippen LogP contribution is 2.32. The molecule has 0 unspecified atom stereocenters. The Kier molecular flexibility index (Phi) is 6.97. The Balaban J connectivity index is 1.29. The van der Waals surface area contributed by atoms with E-state index in [1.165, 1.54) is 11.3 Å². The number of nitrogens with one attached hydrogen (secondary N) is 1. The first-order valence-electron chi connectivity index (χ1n) is 9.84. The number of piperazine rings is 1. The summed E-state index contributed by atoms with van der Waals surface area (Å²) in [5.41, 5.74) is 2.64. The summed E-state index contributed by atoms with van der Waals surface area (Å²) in [6, 6.07) is 13.3. The second kappa shape index (κ2) is 9.87. The van der Waals surface area contributed by atoms with E-state index in [2.05, 4.69) is 26.2 Å². The van der Waals surface area contributed by atoms with Crippen LogP contribution in [0.3, 0.4) is 0 Å². The van der Waals surface area contributed by atoms with Crippen molar-refractivity contribution in [2.75, 3.05) is 50.1 Å². The van der Waals surface area contributed by atoms with E-state index in [4.69, 9.17) is 27.9 Å². The molecule has 162 valence electrons. The van der Waals surface area contributed by atoms with Crippen molar-refractivity contribution in [1.29, 1.82) is 0 Å². The number of rotatable bonds is 6. The Morgan fingerprint density at radius 2 is 1.97 bits per heavy atom. The summed E-state index contributed by atoms with van der Waals surface area (Å²) in [6.07, 6.45) is 0. The van der Waals surface area contributed by atoms with E-state index in [1.54, 1.807) is 19.2 Å². The molecule has 0 atom stereocenters. The van der Waals surface area contributed by atoms with E-state index in [0.717, 1.165) is 43.2 Å². The van der Waals surface area contributed by atoms with E-state index in [0.29, 0.717) is 27.4 Å². The van der Waals surface area contributed by atoms with Crippen molar-refractivity contribution in [3.63, 3.8) is 0 Å². The standard InChI is InChI=1S/C22H22Cl2N4O2S/c1-30-17-4-2-3-16(12-17)28-9-7-27(8-10-28)13-21(29)26-22-25-20(14-31-22)18-6-5-15(23)11-19(18)24/h2-6,11-12,14H,7-10,13H2,1H3,(H,25,26,29). The minimum atomic E-state index is -0.0714. The second-order valence-corrected chi connectivity index (χ2v) is 8.88. The van der Waals surface area contributed by atoms with Crippen molar-refractivity contribution < 1.29 is 9.53 Å². The van der Waals surface area contributed by atoms with Gasteiger partial charge in [0.1, 0.15) is 5.75 Å². The lowest BCUT2D eigenvalue weighted by Gasteiger charge is -2.35. The summed E-state index contributed by atoms with van der Waals surface area (Å²) in [5.74, 6) is 0.778. The number of methoxy groups -OCH3 is 1. The highest BCUT2D eigenvalue weighted by atomic mass is 35.5. The van der Waals surface area contributed by atoms with Gasteiger partial charge in [-0.3, -0.25) is 9.69 Å². The molecule has 9 heteroatoms. The van der Waals surface area contributed by atoms with Crippen molar-refractivity contribution in [2.24, 2.45) is 0 Å². The number of ether oxygens (including phenoxy) is 1. The van der Waals surface area contributed by atoms with E-state index in [9.17, 15) is 4.79 Å². The first-order valence-corrected chi connectivity index (χ1v) is 11.5. The first-order chi connectivity index (χ1) is 15.0.